The van der Waals surface area contributed by atoms with Gasteiger partial charge in [0.25, 0.3) is 0 Å². The topological polar surface area (TPSA) is 143 Å². The van der Waals surface area contributed by atoms with Gasteiger partial charge in [-0.15, -0.1) is 0 Å². The molecule has 0 aliphatic carbocycles. The van der Waals surface area contributed by atoms with Gasteiger partial charge in [0, 0.05) is 47.0 Å². The second kappa shape index (κ2) is 14.7. The van der Waals surface area contributed by atoms with Crippen LogP contribution in [0, 0.1) is 0 Å². The van der Waals surface area contributed by atoms with E-state index in [1.54, 1.807) is 84.9 Å². The van der Waals surface area contributed by atoms with Crippen molar-refractivity contribution < 1.29 is 29.6 Å². The molecule has 0 bridgehead atoms. The van der Waals surface area contributed by atoms with Crippen LogP contribution in [0.15, 0.2) is 146 Å². The predicted octanol–water partition coefficient (Wildman–Crippen LogP) is 9.12. The van der Waals surface area contributed by atoms with Crippen LogP contribution in [0.25, 0.3) is 0 Å². The van der Waals surface area contributed by atoms with Gasteiger partial charge in [-0.05, 0) is 90.3 Å². The van der Waals surface area contributed by atoms with Crippen LogP contribution in [-0.4, -0.2) is 27.4 Å². The van der Waals surface area contributed by atoms with Crippen LogP contribution in [0.2, 0.25) is 0 Å². The lowest BCUT2D eigenvalue weighted by atomic mass is 10.0. The maximum Gasteiger partial charge on any atom is 0.417 e. The molecule has 10 heteroatoms. The molecule has 10 nitrogen and oxygen atoms in total. The van der Waals surface area contributed by atoms with Gasteiger partial charge in [0.1, 0.15) is 23.0 Å². The highest BCUT2D eigenvalue weighted by molar-refractivity contribution is 6.07. The van der Waals surface area contributed by atoms with Crippen LogP contribution in [0.4, 0.5) is 43.7 Å². The summed E-state index contributed by atoms with van der Waals surface area (Å²) in [6.45, 7) is 0. The Bertz CT molecular complexity index is 2040. The summed E-state index contributed by atoms with van der Waals surface area (Å²) < 4.78 is 5.47. The molecule has 6 aromatic carbocycles. The number of amides is 3. The average Bonchev–Trinajstić information content (AvgIpc) is 3.07. The highest BCUT2D eigenvalue weighted by atomic mass is 16.6. The number of rotatable bonds is 9. The molecule has 0 aliphatic heterocycles. The first-order chi connectivity index (χ1) is 23.8. The molecule has 6 aromatic rings. The van der Waals surface area contributed by atoms with Gasteiger partial charge in [-0.25, -0.2) is 9.59 Å². The van der Waals surface area contributed by atoms with Crippen LogP contribution < -0.4 is 25.6 Å². The summed E-state index contributed by atoms with van der Waals surface area (Å²) in [5.41, 5.74) is 5.41. The Morgan fingerprint density at radius 3 is 1.57 bits per heavy atom. The number of nitrogens with one attached hydrogen (secondary N) is 3. The molecule has 0 aromatic heterocycles. The molecule has 244 valence electrons. The summed E-state index contributed by atoms with van der Waals surface area (Å²) >= 11 is 0. The molecule has 49 heavy (non-hydrogen) atoms. The van der Waals surface area contributed by atoms with E-state index in [1.165, 1.54) is 29.2 Å². The Morgan fingerprint density at radius 2 is 1.02 bits per heavy atom. The van der Waals surface area contributed by atoms with Crippen LogP contribution in [-0.2, 0) is 6.42 Å². The number of carbonyl (C=O) groups is 2. The first-order valence-electron chi connectivity index (χ1n) is 15.3. The Morgan fingerprint density at radius 1 is 0.531 bits per heavy atom. The number of aromatic hydroxyl groups is 3. The quantitative estimate of drug-likeness (QED) is 0.0914. The minimum absolute atomic E-state index is 0.00501. The number of ether oxygens (including phenoxy) is 1. The van der Waals surface area contributed by atoms with E-state index in [-0.39, 0.29) is 17.2 Å². The Balaban J connectivity index is 1.04. The minimum Gasteiger partial charge on any atom is -0.508 e. The van der Waals surface area contributed by atoms with Gasteiger partial charge >= 0.3 is 12.1 Å². The number of phenolic OH excluding ortho intramolecular Hbond substituents is 3. The summed E-state index contributed by atoms with van der Waals surface area (Å²) in [6.07, 6.45) is -0.0111. The normalized spacial score (nSPS) is 10.5. The summed E-state index contributed by atoms with van der Waals surface area (Å²) in [7, 11) is 0. The maximum atomic E-state index is 13.4. The smallest absolute Gasteiger partial charge is 0.417 e. The van der Waals surface area contributed by atoms with Crippen molar-refractivity contribution in [1.29, 1.82) is 0 Å². The molecule has 0 saturated carbocycles. The number of phenols is 3. The zero-order valence-corrected chi connectivity index (χ0v) is 26.1. The van der Waals surface area contributed by atoms with Gasteiger partial charge in [0.05, 0.1) is 11.4 Å². The molecule has 0 radical (unpaired) electrons. The average molecular weight is 653 g/mol. The number of carbonyl (C=O) groups excluding carboxylic acids is 2. The standard InChI is InChI=1S/C39H32N4O6/c44-34-9-1-5-30(22-34)40-31-6-2-12-37(23-31)49-39(48)42-29-19-15-27(16-20-29)21-26-13-17-28(18-14-26)41-38(47)43(32-7-3-10-35(45)24-32)33-8-4-11-36(46)25-33/h1-20,22-25,40,44-46H,21H2,(H,41,47)(H,42,48). The summed E-state index contributed by atoms with van der Waals surface area (Å²) in [5, 5.41) is 38.5. The first-order valence-corrected chi connectivity index (χ1v) is 15.3. The molecule has 3 amide bonds. The Labute approximate surface area is 282 Å². The van der Waals surface area contributed by atoms with E-state index in [0.717, 1.165) is 11.1 Å². The van der Waals surface area contributed by atoms with E-state index in [4.69, 9.17) is 4.74 Å². The van der Waals surface area contributed by atoms with Crippen molar-refractivity contribution in [2.75, 3.05) is 20.9 Å². The summed E-state index contributed by atoms with van der Waals surface area (Å²) in [6, 6.07) is 40.6. The van der Waals surface area contributed by atoms with Crippen molar-refractivity contribution in [3.05, 3.63) is 157 Å². The maximum absolute atomic E-state index is 13.4. The third kappa shape index (κ3) is 8.66. The third-order valence-corrected chi connectivity index (χ3v) is 7.37. The van der Waals surface area contributed by atoms with Crippen LogP contribution in [0.5, 0.6) is 23.0 Å². The second-order valence-corrected chi connectivity index (χ2v) is 11.1. The lowest BCUT2D eigenvalue weighted by molar-refractivity contribution is 0.215. The van der Waals surface area contributed by atoms with Crippen LogP contribution in [0.1, 0.15) is 11.1 Å². The van der Waals surface area contributed by atoms with Crippen molar-refractivity contribution in [3.63, 3.8) is 0 Å². The van der Waals surface area contributed by atoms with Crippen LogP contribution in [0.3, 0.4) is 0 Å². The van der Waals surface area contributed by atoms with Gasteiger partial charge in [0.2, 0.25) is 0 Å². The highest BCUT2D eigenvalue weighted by Gasteiger charge is 2.19. The molecular weight excluding hydrogens is 620 g/mol. The largest absolute Gasteiger partial charge is 0.508 e. The third-order valence-electron chi connectivity index (χ3n) is 7.37. The summed E-state index contributed by atoms with van der Waals surface area (Å²) in [4.78, 5) is 27.4. The predicted molar refractivity (Wildman–Crippen MR) is 191 cm³/mol. The number of urea groups is 1. The van der Waals surface area contributed by atoms with Crippen molar-refractivity contribution >= 4 is 46.2 Å². The van der Waals surface area contributed by atoms with Crippen molar-refractivity contribution in [3.8, 4) is 23.0 Å². The van der Waals surface area contributed by atoms with E-state index in [9.17, 15) is 24.9 Å². The Kier molecular flexibility index (Phi) is 9.57. The molecule has 6 N–H and O–H groups in total. The molecule has 0 aliphatic rings. The highest BCUT2D eigenvalue weighted by Crippen LogP contribution is 2.31. The van der Waals surface area contributed by atoms with E-state index >= 15 is 0 Å². The van der Waals surface area contributed by atoms with E-state index < -0.39 is 12.1 Å². The molecule has 0 spiro atoms. The van der Waals surface area contributed by atoms with Crippen LogP contribution >= 0.6 is 0 Å². The number of benzene rings is 6. The molecule has 6 rings (SSSR count). The van der Waals surface area contributed by atoms with Crippen molar-refractivity contribution in [2.45, 2.75) is 6.42 Å². The van der Waals surface area contributed by atoms with Gasteiger partial charge in [0.15, 0.2) is 0 Å². The van der Waals surface area contributed by atoms with E-state index in [0.29, 0.717) is 46.3 Å². The van der Waals surface area contributed by atoms with Crippen molar-refractivity contribution in [2.24, 2.45) is 0 Å². The Hall–Kier alpha value is -6.94. The SMILES string of the molecule is O=C(Nc1ccc(Cc2ccc(NC(=O)N(c3cccc(O)c3)c3cccc(O)c3)cc2)cc1)Oc1cccc(Nc2cccc(O)c2)c1. The number of anilines is 6. The fourth-order valence-corrected chi connectivity index (χ4v) is 5.11. The van der Waals surface area contributed by atoms with Crippen molar-refractivity contribution in [1.82, 2.24) is 0 Å². The number of hydrogen-bond acceptors (Lipinski definition) is 7. The van der Waals surface area contributed by atoms with Gasteiger partial charge < -0.3 is 30.7 Å². The fraction of sp³-hybridized carbons (Fsp3) is 0.0256. The summed E-state index contributed by atoms with van der Waals surface area (Å²) in [5.74, 6) is 0.505. The van der Waals surface area contributed by atoms with Gasteiger partial charge in [-0.1, -0.05) is 48.5 Å². The number of nitrogens with zero attached hydrogens (tertiary/aromatic N) is 1. The molecule has 0 saturated heterocycles. The molecule has 0 unspecified atom stereocenters. The zero-order valence-electron chi connectivity index (χ0n) is 26.1. The van der Waals surface area contributed by atoms with E-state index in [2.05, 4.69) is 16.0 Å². The van der Waals surface area contributed by atoms with E-state index in [1.807, 2.05) is 36.4 Å². The molecule has 0 fully saturated rings. The zero-order chi connectivity index (χ0) is 34.2. The minimum atomic E-state index is -0.633. The van der Waals surface area contributed by atoms with Gasteiger partial charge in [-0.3, -0.25) is 10.2 Å². The fourth-order valence-electron chi connectivity index (χ4n) is 5.11. The molecule has 0 atom stereocenters. The van der Waals surface area contributed by atoms with Gasteiger partial charge in [-0.2, -0.15) is 0 Å². The monoisotopic (exact) mass is 652 g/mol. The molecule has 0 heterocycles. The lowest BCUT2D eigenvalue weighted by Crippen LogP contribution is -2.30. The number of hydrogen-bond donors (Lipinski definition) is 6. The molecular formula is C39H32N4O6. The first kappa shape index (κ1) is 32.0. The lowest BCUT2D eigenvalue weighted by Gasteiger charge is -2.24. The second-order valence-electron chi connectivity index (χ2n) is 11.1.